The predicted molar refractivity (Wildman–Crippen MR) is 38.0 cm³/mol. The van der Waals surface area contributed by atoms with Crippen molar-refractivity contribution in [3.8, 4) is 6.07 Å². The number of nitrogens with zero attached hydrogens (tertiary/aromatic N) is 2. The van der Waals surface area contributed by atoms with Gasteiger partial charge in [-0.25, -0.2) is 4.39 Å². The van der Waals surface area contributed by atoms with Crippen molar-refractivity contribution >= 4 is 0 Å². The summed E-state index contributed by atoms with van der Waals surface area (Å²) < 4.78 is 12.7. The van der Waals surface area contributed by atoms with Gasteiger partial charge in [0, 0.05) is 6.08 Å². The van der Waals surface area contributed by atoms with Gasteiger partial charge in [-0.3, -0.25) is 10.1 Å². The van der Waals surface area contributed by atoms with Gasteiger partial charge in [0.25, 0.3) is 0 Å². The first-order valence-corrected chi connectivity index (χ1v) is 3.25. The summed E-state index contributed by atoms with van der Waals surface area (Å²) in [5, 5.41) is 18.6. The van der Waals surface area contributed by atoms with Crippen LogP contribution in [0.3, 0.4) is 0 Å². The minimum absolute atomic E-state index is 0.122. The van der Waals surface area contributed by atoms with Gasteiger partial charge in [-0.05, 0) is 6.08 Å². The molecule has 0 aliphatic heterocycles. The molecule has 0 aromatic rings. The lowest BCUT2D eigenvalue weighted by molar-refractivity contribution is -0.428. The Bertz CT molecular complexity index is 314. The Morgan fingerprint density at radius 3 is 2.92 bits per heavy atom. The fourth-order valence-corrected chi connectivity index (χ4v) is 0.909. The molecule has 0 aromatic carbocycles. The van der Waals surface area contributed by atoms with Crippen LogP contribution in [-0.2, 0) is 0 Å². The first-order chi connectivity index (χ1) is 5.65. The van der Waals surface area contributed by atoms with Crippen LogP contribution in [-0.4, -0.2) is 4.92 Å². The first-order valence-electron chi connectivity index (χ1n) is 3.25. The van der Waals surface area contributed by atoms with Gasteiger partial charge >= 0.3 is 0 Å². The molecule has 1 unspecified atom stereocenters. The normalized spacial score (nSPS) is 22.2. The molecule has 5 heteroatoms. The van der Waals surface area contributed by atoms with Gasteiger partial charge in [0.2, 0.25) is 5.70 Å². The van der Waals surface area contributed by atoms with E-state index in [2.05, 4.69) is 0 Å². The van der Waals surface area contributed by atoms with E-state index in [1.807, 2.05) is 0 Å². The van der Waals surface area contributed by atoms with Gasteiger partial charge in [0.1, 0.15) is 11.7 Å². The lowest BCUT2D eigenvalue weighted by Crippen LogP contribution is -2.09. The third-order valence-electron chi connectivity index (χ3n) is 1.57. The molecule has 62 valence electrons. The molecule has 1 aliphatic carbocycles. The van der Waals surface area contributed by atoms with Crippen molar-refractivity contribution in [1.29, 1.82) is 5.26 Å². The highest BCUT2D eigenvalue weighted by Gasteiger charge is 2.25. The lowest BCUT2D eigenvalue weighted by Gasteiger charge is -2.07. The highest BCUT2D eigenvalue weighted by atomic mass is 19.1. The van der Waals surface area contributed by atoms with E-state index in [1.54, 1.807) is 6.07 Å². The number of hydrogen-bond acceptors (Lipinski definition) is 3. The van der Waals surface area contributed by atoms with Crippen LogP contribution in [0.1, 0.15) is 6.42 Å². The molecule has 1 rings (SSSR count). The second kappa shape index (κ2) is 3.13. The Labute approximate surface area is 67.8 Å². The van der Waals surface area contributed by atoms with Crippen LogP contribution < -0.4 is 0 Å². The molecule has 0 spiro atoms. The molecule has 1 atom stereocenters. The first kappa shape index (κ1) is 8.40. The van der Waals surface area contributed by atoms with Crippen molar-refractivity contribution < 1.29 is 9.31 Å². The van der Waals surface area contributed by atoms with E-state index in [0.29, 0.717) is 0 Å². The number of allylic oxidation sites excluding steroid dienone is 4. The number of nitriles is 1. The molecule has 12 heavy (non-hydrogen) atoms. The van der Waals surface area contributed by atoms with Gasteiger partial charge in [0.05, 0.1) is 17.4 Å². The molecule has 0 aromatic heterocycles. The fraction of sp³-hybridized carbons (Fsp3) is 0.286. The summed E-state index contributed by atoms with van der Waals surface area (Å²) in [5.41, 5.74) is -0.122. The smallest absolute Gasteiger partial charge is 0.248 e. The highest BCUT2D eigenvalue weighted by Crippen LogP contribution is 2.25. The summed E-state index contributed by atoms with van der Waals surface area (Å²) in [4.78, 5) is 9.59. The average molecular weight is 168 g/mol. The Hall–Kier alpha value is -1.70. The molecular weight excluding hydrogens is 163 g/mol. The molecule has 0 saturated heterocycles. The van der Waals surface area contributed by atoms with E-state index in [4.69, 9.17) is 5.26 Å². The zero-order valence-corrected chi connectivity index (χ0v) is 6.03. The number of halogens is 1. The Morgan fingerprint density at radius 2 is 2.42 bits per heavy atom. The van der Waals surface area contributed by atoms with Gasteiger partial charge in [-0.2, -0.15) is 5.26 Å². The molecule has 0 saturated carbocycles. The Morgan fingerprint density at radius 1 is 1.75 bits per heavy atom. The summed E-state index contributed by atoms with van der Waals surface area (Å²) in [6.07, 6.45) is 1.91. The van der Waals surface area contributed by atoms with Crippen molar-refractivity contribution in [1.82, 2.24) is 0 Å². The van der Waals surface area contributed by atoms with E-state index in [-0.39, 0.29) is 12.1 Å². The van der Waals surface area contributed by atoms with Crippen molar-refractivity contribution in [2.75, 3.05) is 0 Å². The fourth-order valence-electron chi connectivity index (χ4n) is 0.909. The van der Waals surface area contributed by atoms with Crippen molar-refractivity contribution in [3.63, 3.8) is 0 Å². The molecule has 1 aliphatic rings. The van der Waals surface area contributed by atoms with Crippen LogP contribution in [0.5, 0.6) is 0 Å². The van der Waals surface area contributed by atoms with Gasteiger partial charge in [-0.15, -0.1) is 0 Å². The largest absolute Gasteiger partial charge is 0.259 e. The Kier molecular flexibility index (Phi) is 2.19. The minimum atomic E-state index is -0.990. The van der Waals surface area contributed by atoms with Crippen LogP contribution in [0, 0.1) is 27.4 Å². The van der Waals surface area contributed by atoms with Crippen LogP contribution in [0.25, 0.3) is 0 Å². The SMILES string of the molecule is N#CC1CC([N+](=O)[O-])=CC=C1F. The van der Waals surface area contributed by atoms with E-state index in [9.17, 15) is 14.5 Å². The summed E-state index contributed by atoms with van der Waals surface area (Å²) in [7, 11) is 0. The monoisotopic (exact) mass is 168 g/mol. The molecule has 4 nitrogen and oxygen atoms in total. The molecule has 0 radical (unpaired) electrons. The third kappa shape index (κ3) is 1.48. The van der Waals surface area contributed by atoms with Gasteiger partial charge < -0.3 is 0 Å². The van der Waals surface area contributed by atoms with Crippen LogP contribution in [0.2, 0.25) is 0 Å². The molecule has 0 fully saturated rings. The second-order valence-electron chi connectivity index (χ2n) is 2.35. The standard InChI is InChI=1S/C7H5FN2O2/c8-7-2-1-6(10(11)12)3-5(7)4-9/h1-2,5H,3H2. The topological polar surface area (TPSA) is 66.9 Å². The van der Waals surface area contributed by atoms with E-state index < -0.39 is 16.7 Å². The second-order valence-corrected chi connectivity index (χ2v) is 2.35. The van der Waals surface area contributed by atoms with E-state index in [0.717, 1.165) is 12.2 Å². The summed E-state index contributed by atoms with van der Waals surface area (Å²) >= 11 is 0. The third-order valence-corrected chi connectivity index (χ3v) is 1.57. The van der Waals surface area contributed by atoms with Crippen molar-refractivity contribution in [2.45, 2.75) is 6.42 Å². The average Bonchev–Trinajstić information content (AvgIpc) is 2.05. The van der Waals surface area contributed by atoms with Crippen molar-refractivity contribution in [3.05, 3.63) is 33.8 Å². The van der Waals surface area contributed by atoms with Crippen LogP contribution >= 0.6 is 0 Å². The maximum Gasteiger partial charge on any atom is 0.248 e. The summed E-state index contributed by atoms with van der Waals surface area (Å²) in [6, 6.07) is 1.65. The van der Waals surface area contributed by atoms with E-state index >= 15 is 0 Å². The predicted octanol–water partition coefficient (Wildman–Crippen LogP) is 1.54. The molecule has 0 bridgehead atoms. The number of rotatable bonds is 1. The van der Waals surface area contributed by atoms with Gasteiger partial charge in [0.15, 0.2) is 0 Å². The quantitative estimate of drug-likeness (QED) is 0.440. The maximum absolute atomic E-state index is 12.7. The van der Waals surface area contributed by atoms with Crippen LogP contribution in [0.4, 0.5) is 4.39 Å². The molecule has 0 amide bonds. The number of hydrogen-bond donors (Lipinski definition) is 0. The zero-order valence-electron chi connectivity index (χ0n) is 6.03. The van der Waals surface area contributed by atoms with Crippen molar-refractivity contribution in [2.24, 2.45) is 5.92 Å². The van der Waals surface area contributed by atoms with Gasteiger partial charge in [-0.1, -0.05) is 0 Å². The Balaban J connectivity index is 2.88. The summed E-state index contributed by atoms with van der Waals surface area (Å²) in [5.74, 6) is -1.60. The minimum Gasteiger partial charge on any atom is -0.259 e. The summed E-state index contributed by atoms with van der Waals surface area (Å²) in [6.45, 7) is 0. The molecule has 0 heterocycles. The van der Waals surface area contributed by atoms with E-state index in [1.165, 1.54) is 0 Å². The zero-order chi connectivity index (χ0) is 9.14. The number of nitro groups is 1. The highest BCUT2D eigenvalue weighted by molar-refractivity contribution is 5.23. The van der Waals surface area contributed by atoms with Crippen LogP contribution in [0.15, 0.2) is 23.7 Å². The molecule has 0 N–H and O–H groups in total. The maximum atomic E-state index is 12.7. The lowest BCUT2D eigenvalue weighted by atomic mass is 9.99. The molecular formula is C7H5FN2O2.